The molecule has 0 amide bonds. The maximum atomic E-state index is 13.6. The minimum absolute atomic E-state index is 0.302. The molecule has 2 aromatic carbocycles. The van der Waals surface area contributed by atoms with Crippen molar-refractivity contribution in [3.05, 3.63) is 71.5 Å². The fraction of sp³-hybridized carbons (Fsp3) is 0.125. The van der Waals surface area contributed by atoms with Crippen molar-refractivity contribution < 1.29 is 4.39 Å². The second-order valence-corrected chi connectivity index (χ2v) is 4.87. The second-order valence-electron chi connectivity index (χ2n) is 4.46. The van der Waals surface area contributed by atoms with Gasteiger partial charge in [0.05, 0.1) is 5.71 Å². The zero-order valence-corrected chi connectivity index (χ0v) is 12.5. The van der Waals surface area contributed by atoms with E-state index in [0.29, 0.717) is 22.9 Å². The maximum absolute atomic E-state index is 13.6. The predicted molar refractivity (Wildman–Crippen MR) is 87.6 cm³/mol. The van der Waals surface area contributed by atoms with Crippen molar-refractivity contribution in [1.82, 2.24) is 10.7 Å². The highest BCUT2D eigenvalue weighted by Gasteiger charge is 2.04. The molecule has 0 aliphatic rings. The fourth-order valence-corrected chi connectivity index (χ4v) is 1.89. The van der Waals surface area contributed by atoms with Gasteiger partial charge in [0.25, 0.3) is 0 Å². The Hall–Kier alpha value is -2.27. The molecule has 0 saturated carbocycles. The number of nitrogens with one attached hydrogen (secondary N) is 2. The van der Waals surface area contributed by atoms with Crippen LogP contribution in [-0.4, -0.2) is 10.8 Å². The summed E-state index contributed by atoms with van der Waals surface area (Å²) in [6.45, 7) is 2.34. The average Bonchev–Trinajstić information content (AvgIpc) is 2.52. The number of hydrogen-bond acceptors (Lipinski definition) is 2. The van der Waals surface area contributed by atoms with E-state index in [1.807, 2.05) is 30.3 Å². The van der Waals surface area contributed by atoms with Gasteiger partial charge in [0.2, 0.25) is 0 Å². The molecule has 5 heteroatoms. The van der Waals surface area contributed by atoms with Crippen molar-refractivity contribution in [3.63, 3.8) is 0 Å². The number of rotatable bonds is 4. The molecule has 0 heterocycles. The number of benzene rings is 2. The van der Waals surface area contributed by atoms with Crippen molar-refractivity contribution >= 4 is 23.0 Å². The number of nitrogens with zero attached hydrogens (tertiary/aromatic N) is 1. The van der Waals surface area contributed by atoms with Crippen LogP contribution in [-0.2, 0) is 6.54 Å². The Morgan fingerprint density at radius 1 is 1.10 bits per heavy atom. The summed E-state index contributed by atoms with van der Waals surface area (Å²) in [4.78, 5) is 0. The smallest absolute Gasteiger partial charge is 0.187 e. The Bertz CT molecular complexity index is 641. The van der Waals surface area contributed by atoms with E-state index in [9.17, 15) is 4.39 Å². The van der Waals surface area contributed by atoms with Gasteiger partial charge in [0.1, 0.15) is 5.82 Å². The van der Waals surface area contributed by atoms with Crippen LogP contribution >= 0.6 is 12.2 Å². The molecule has 3 nitrogen and oxygen atoms in total. The summed E-state index contributed by atoms with van der Waals surface area (Å²) in [7, 11) is 0. The first-order valence-corrected chi connectivity index (χ1v) is 6.94. The minimum Gasteiger partial charge on any atom is -0.357 e. The van der Waals surface area contributed by atoms with Gasteiger partial charge in [-0.15, -0.1) is 0 Å². The lowest BCUT2D eigenvalue weighted by atomic mass is 10.1. The number of hydrogen-bond donors (Lipinski definition) is 2. The van der Waals surface area contributed by atoms with Crippen molar-refractivity contribution in [2.24, 2.45) is 5.10 Å². The third kappa shape index (κ3) is 4.65. The number of hydrazone groups is 1. The first-order valence-electron chi connectivity index (χ1n) is 6.54. The topological polar surface area (TPSA) is 36.4 Å². The SMILES string of the molecule is C/C(=N\NC(=S)NCc1ccccc1)c1ccccc1F. The van der Waals surface area contributed by atoms with Crippen LogP contribution in [0.4, 0.5) is 4.39 Å². The van der Waals surface area contributed by atoms with Gasteiger partial charge < -0.3 is 5.32 Å². The van der Waals surface area contributed by atoms with E-state index in [2.05, 4.69) is 15.8 Å². The summed E-state index contributed by atoms with van der Waals surface area (Å²) in [5.41, 5.74) is 4.84. The molecular formula is C16H16FN3S. The van der Waals surface area contributed by atoms with E-state index >= 15 is 0 Å². The summed E-state index contributed by atoms with van der Waals surface area (Å²) >= 11 is 5.13. The van der Waals surface area contributed by atoms with E-state index < -0.39 is 0 Å². The van der Waals surface area contributed by atoms with Crippen LogP contribution in [0.2, 0.25) is 0 Å². The third-order valence-electron chi connectivity index (χ3n) is 2.88. The van der Waals surface area contributed by atoms with Crippen LogP contribution in [0.1, 0.15) is 18.1 Å². The molecule has 21 heavy (non-hydrogen) atoms. The monoisotopic (exact) mass is 301 g/mol. The van der Waals surface area contributed by atoms with Crippen LogP contribution in [0.5, 0.6) is 0 Å². The lowest BCUT2D eigenvalue weighted by Crippen LogP contribution is -2.32. The quantitative estimate of drug-likeness (QED) is 0.517. The van der Waals surface area contributed by atoms with Gasteiger partial charge in [0, 0.05) is 12.1 Å². The van der Waals surface area contributed by atoms with Crippen LogP contribution < -0.4 is 10.7 Å². The summed E-state index contributed by atoms with van der Waals surface area (Å²) in [5.74, 6) is -0.302. The molecule has 2 rings (SSSR count). The summed E-state index contributed by atoms with van der Waals surface area (Å²) in [6.07, 6.45) is 0. The first kappa shape index (κ1) is 15.1. The molecule has 0 aliphatic carbocycles. The van der Waals surface area contributed by atoms with E-state index in [1.54, 1.807) is 25.1 Å². The van der Waals surface area contributed by atoms with E-state index in [0.717, 1.165) is 5.56 Å². The molecule has 0 radical (unpaired) electrons. The number of thiocarbonyl (C=S) groups is 1. The summed E-state index contributed by atoms with van der Waals surface area (Å²) in [6, 6.07) is 16.4. The predicted octanol–water partition coefficient (Wildman–Crippen LogP) is 3.21. The Labute approximate surface area is 128 Å². The second kappa shape index (κ2) is 7.50. The van der Waals surface area contributed by atoms with E-state index in [1.165, 1.54) is 6.07 Å². The summed E-state index contributed by atoms with van der Waals surface area (Å²) < 4.78 is 13.6. The Morgan fingerprint density at radius 3 is 2.48 bits per heavy atom. The standard InChI is InChI=1S/C16H16FN3S/c1-12(14-9-5-6-10-15(14)17)19-20-16(21)18-11-13-7-3-2-4-8-13/h2-10H,11H2,1H3,(H2,18,20,21)/b19-12+. The average molecular weight is 301 g/mol. The highest BCUT2D eigenvalue weighted by Crippen LogP contribution is 2.07. The maximum Gasteiger partial charge on any atom is 0.187 e. The molecule has 0 bridgehead atoms. The Morgan fingerprint density at radius 2 is 1.76 bits per heavy atom. The van der Waals surface area contributed by atoms with Crippen molar-refractivity contribution in [3.8, 4) is 0 Å². The lowest BCUT2D eigenvalue weighted by molar-refractivity contribution is 0.625. The molecule has 0 aliphatic heterocycles. The highest BCUT2D eigenvalue weighted by atomic mass is 32.1. The highest BCUT2D eigenvalue weighted by molar-refractivity contribution is 7.80. The van der Waals surface area contributed by atoms with Crippen LogP contribution in [0.3, 0.4) is 0 Å². The van der Waals surface area contributed by atoms with E-state index in [4.69, 9.17) is 12.2 Å². The zero-order valence-electron chi connectivity index (χ0n) is 11.6. The number of halogens is 1. The fourth-order valence-electron chi connectivity index (χ4n) is 1.77. The molecule has 2 aromatic rings. The summed E-state index contributed by atoms with van der Waals surface area (Å²) in [5, 5.41) is 7.53. The Balaban J connectivity index is 1.88. The first-order chi connectivity index (χ1) is 10.2. The van der Waals surface area contributed by atoms with Crippen LogP contribution in [0.25, 0.3) is 0 Å². The Kier molecular flexibility index (Phi) is 5.40. The minimum atomic E-state index is -0.302. The van der Waals surface area contributed by atoms with Crippen molar-refractivity contribution in [2.75, 3.05) is 0 Å². The van der Waals surface area contributed by atoms with Gasteiger partial charge in [-0.05, 0) is 30.8 Å². The molecule has 0 aromatic heterocycles. The van der Waals surface area contributed by atoms with Crippen molar-refractivity contribution in [1.29, 1.82) is 0 Å². The molecule has 0 saturated heterocycles. The van der Waals surface area contributed by atoms with Crippen LogP contribution in [0.15, 0.2) is 59.7 Å². The zero-order chi connectivity index (χ0) is 15.1. The largest absolute Gasteiger partial charge is 0.357 e. The van der Waals surface area contributed by atoms with Crippen molar-refractivity contribution in [2.45, 2.75) is 13.5 Å². The molecule has 0 fully saturated rings. The van der Waals surface area contributed by atoms with Crippen LogP contribution in [0, 0.1) is 5.82 Å². The third-order valence-corrected chi connectivity index (χ3v) is 3.12. The molecule has 0 unspecified atom stereocenters. The van der Waals surface area contributed by atoms with E-state index in [-0.39, 0.29) is 5.82 Å². The van der Waals surface area contributed by atoms with Gasteiger partial charge in [-0.2, -0.15) is 5.10 Å². The lowest BCUT2D eigenvalue weighted by Gasteiger charge is -2.08. The van der Waals surface area contributed by atoms with Gasteiger partial charge in [-0.25, -0.2) is 4.39 Å². The molecule has 108 valence electrons. The van der Waals surface area contributed by atoms with Gasteiger partial charge in [-0.1, -0.05) is 48.5 Å². The molecular weight excluding hydrogens is 285 g/mol. The molecule has 0 atom stereocenters. The van der Waals surface area contributed by atoms with Gasteiger partial charge in [0.15, 0.2) is 5.11 Å². The normalized spacial score (nSPS) is 11.0. The molecule has 0 spiro atoms. The van der Waals surface area contributed by atoms with Gasteiger partial charge >= 0.3 is 0 Å². The van der Waals surface area contributed by atoms with Gasteiger partial charge in [-0.3, -0.25) is 5.43 Å². The molecule has 2 N–H and O–H groups in total.